The SMILES string of the molecule is COc1cc(-c2cccc(-c3cccc(NC(=O)C4C=[N+](C)C(=O)N(C)C4=O)c3C)c2C)cc(F)c1CNCC1CNC(=O)NC1=O. The van der Waals surface area contributed by atoms with Crippen molar-refractivity contribution in [2.75, 3.05) is 39.6 Å². The summed E-state index contributed by atoms with van der Waals surface area (Å²) in [6.07, 6.45) is 1.30. The minimum absolute atomic E-state index is 0.108. The average Bonchev–Trinajstić information content (AvgIpc) is 3.04. The van der Waals surface area contributed by atoms with E-state index in [4.69, 9.17) is 4.74 Å². The molecule has 0 radical (unpaired) electrons. The molecule has 5 rings (SSSR count). The van der Waals surface area contributed by atoms with Gasteiger partial charge in [-0.05, 0) is 65.4 Å². The molecule has 13 heteroatoms. The highest BCUT2D eigenvalue weighted by molar-refractivity contribution is 6.20. The molecule has 2 aliphatic rings. The van der Waals surface area contributed by atoms with Crippen LogP contribution in [-0.4, -0.2) is 79.8 Å². The molecule has 0 aromatic heterocycles. The van der Waals surface area contributed by atoms with E-state index in [0.717, 1.165) is 32.7 Å². The maximum atomic E-state index is 15.6. The van der Waals surface area contributed by atoms with Crippen LogP contribution < -0.4 is 26.0 Å². The van der Waals surface area contributed by atoms with Gasteiger partial charge >= 0.3 is 18.0 Å². The van der Waals surface area contributed by atoms with Crippen molar-refractivity contribution in [3.05, 3.63) is 71.0 Å². The first-order valence-corrected chi connectivity index (χ1v) is 15.0. The van der Waals surface area contributed by atoms with Gasteiger partial charge < -0.3 is 20.7 Å². The second kappa shape index (κ2) is 13.5. The van der Waals surface area contributed by atoms with Gasteiger partial charge in [-0.2, -0.15) is 9.69 Å². The largest absolute Gasteiger partial charge is 0.499 e. The van der Waals surface area contributed by atoms with Gasteiger partial charge in [0.2, 0.25) is 11.8 Å². The molecule has 3 aromatic carbocycles. The molecule has 0 spiro atoms. The molecule has 4 N–H and O–H groups in total. The van der Waals surface area contributed by atoms with Crippen molar-refractivity contribution in [1.29, 1.82) is 0 Å². The molecule has 3 aromatic rings. The van der Waals surface area contributed by atoms with Crippen molar-refractivity contribution in [2.45, 2.75) is 20.4 Å². The first-order chi connectivity index (χ1) is 22.4. The average molecular weight is 644 g/mol. The van der Waals surface area contributed by atoms with Gasteiger partial charge in [0.1, 0.15) is 11.6 Å². The van der Waals surface area contributed by atoms with Crippen LogP contribution in [0.15, 0.2) is 48.5 Å². The van der Waals surface area contributed by atoms with Gasteiger partial charge in [-0.25, -0.2) is 18.6 Å². The molecule has 244 valence electrons. The summed E-state index contributed by atoms with van der Waals surface area (Å²) in [6, 6.07) is 13.3. The van der Waals surface area contributed by atoms with Crippen LogP contribution in [-0.2, 0) is 20.9 Å². The van der Waals surface area contributed by atoms with Gasteiger partial charge in [0.15, 0.2) is 5.92 Å². The highest BCUT2D eigenvalue weighted by Gasteiger charge is 2.43. The predicted molar refractivity (Wildman–Crippen MR) is 173 cm³/mol. The Morgan fingerprint density at radius 2 is 1.72 bits per heavy atom. The summed E-state index contributed by atoms with van der Waals surface area (Å²) in [7, 11) is 4.29. The number of halogens is 1. The third kappa shape index (κ3) is 6.61. The Balaban J connectivity index is 1.38. The predicted octanol–water partition coefficient (Wildman–Crippen LogP) is 3.19. The third-order valence-corrected chi connectivity index (χ3v) is 8.55. The number of carbonyl (C=O) groups is 5. The Hall–Kier alpha value is -5.43. The molecule has 1 saturated heterocycles. The number of hydrogen-bond acceptors (Lipinski definition) is 7. The molecule has 7 amide bonds. The fourth-order valence-electron chi connectivity index (χ4n) is 5.81. The monoisotopic (exact) mass is 643 g/mol. The number of rotatable bonds is 9. The van der Waals surface area contributed by atoms with E-state index in [0.29, 0.717) is 22.6 Å². The van der Waals surface area contributed by atoms with E-state index in [9.17, 15) is 24.0 Å². The summed E-state index contributed by atoms with van der Waals surface area (Å²) >= 11 is 0. The van der Waals surface area contributed by atoms with E-state index in [1.165, 1.54) is 38.1 Å². The number of hydrogen-bond donors (Lipinski definition) is 4. The van der Waals surface area contributed by atoms with Crippen LogP contribution in [0.1, 0.15) is 16.7 Å². The van der Waals surface area contributed by atoms with Crippen molar-refractivity contribution in [3.8, 4) is 28.0 Å². The number of benzene rings is 3. The fraction of sp³-hybridized carbons (Fsp3) is 0.294. The van der Waals surface area contributed by atoms with Gasteiger partial charge in [0.25, 0.3) is 0 Å². The lowest BCUT2D eigenvalue weighted by Crippen LogP contribution is -2.54. The minimum atomic E-state index is -1.16. The lowest BCUT2D eigenvalue weighted by Gasteiger charge is -2.22. The maximum absolute atomic E-state index is 15.6. The van der Waals surface area contributed by atoms with Crippen LogP contribution in [0.25, 0.3) is 22.3 Å². The number of nitrogens with one attached hydrogen (secondary N) is 4. The molecule has 0 saturated carbocycles. The van der Waals surface area contributed by atoms with Crippen LogP contribution in [0, 0.1) is 31.5 Å². The summed E-state index contributed by atoms with van der Waals surface area (Å²) < 4.78 is 22.3. The van der Waals surface area contributed by atoms with E-state index in [-0.39, 0.29) is 19.6 Å². The number of urea groups is 2. The summed E-state index contributed by atoms with van der Waals surface area (Å²) in [5, 5.41) is 10.7. The van der Waals surface area contributed by atoms with Crippen molar-refractivity contribution in [3.63, 3.8) is 0 Å². The van der Waals surface area contributed by atoms with Gasteiger partial charge in [-0.15, -0.1) is 0 Å². The van der Waals surface area contributed by atoms with Crippen LogP contribution in [0.5, 0.6) is 5.75 Å². The van der Waals surface area contributed by atoms with Crippen LogP contribution in [0.3, 0.4) is 0 Å². The first-order valence-electron chi connectivity index (χ1n) is 15.0. The lowest BCUT2D eigenvalue weighted by atomic mass is 9.90. The zero-order valence-corrected chi connectivity index (χ0v) is 26.7. The van der Waals surface area contributed by atoms with Gasteiger partial charge in [0, 0.05) is 30.9 Å². The van der Waals surface area contributed by atoms with Gasteiger partial charge in [0.05, 0.1) is 33.3 Å². The van der Waals surface area contributed by atoms with E-state index in [1.54, 1.807) is 18.2 Å². The van der Waals surface area contributed by atoms with E-state index in [1.807, 2.05) is 38.1 Å². The molecule has 2 aliphatic heterocycles. The third-order valence-electron chi connectivity index (χ3n) is 8.55. The summed E-state index contributed by atoms with van der Waals surface area (Å²) in [6.45, 7) is 4.33. The molecule has 2 unspecified atom stereocenters. The zero-order chi connectivity index (χ0) is 34.0. The van der Waals surface area contributed by atoms with Crippen LogP contribution in [0.2, 0.25) is 0 Å². The molecular weight excluding hydrogens is 607 g/mol. The van der Waals surface area contributed by atoms with Crippen molar-refractivity contribution < 1.29 is 37.7 Å². The minimum Gasteiger partial charge on any atom is -0.496 e. The number of nitrogens with zero attached hydrogens (tertiary/aromatic N) is 2. The smallest absolute Gasteiger partial charge is 0.496 e. The Bertz CT molecular complexity index is 1840. The van der Waals surface area contributed by atoms with E-state index < -0.39 is 47.4 Å². The van der Waals surface area contributed by atoms with Gasteiger partial charge in [-0.3, -0.25) is 14.9 Å². The summed E-state index contributed by atoms with van der Waals surface area (Å²) in [5.41, 5.74) is 5.53. The Morgan fingerprint density at radius 1 is 1.04 bits per heavy atom. The van der Waals surface area contributed by atoms with Crippen molar-refractivity contribution >= 4 is 41.7 Å². The van der Waals surface area contributed by atoms with E-state index in [2.05, 4.69) is 21.3 Å². The highest BCUT2D eigenvalue weighted by Crippen LogP contribution is 2.37. The number of carbonyl (C=O) groups excluding carboxylic acids is 5. The molecule has 0 bridgehead atoms. The molecule has 1 fully saturated rings. The maximum Gasteiger partial charge on any atom is 0.499 e. The van der Waals surface area contributed by atoms with Crippen molar-refractivity contribution in [1.82, 2.24) is 20.9 Å². The molecule has 2 atom stereocenters. The second-order valence-electron chi connectivity index (χ2n) is 11.5. The Labute approximate surface area is 271 Å². The Morgan fingerprint density at radius 3 is 2.43 bits per heavy atom. The second-order valence-corrected chi connectivity index (χ2v) is 11.5. The highest BCUT2D eigenvalue weighted by atomic mass is 19.1. The zero-order valence-electron chi connectivity index (χ0n) is 26.7. The van der Waals surface area contributed by atoms with Crippen LogP contribution in [0.4, 0.5) is 19.7 Å². The summed E-state index contributed by atoms with van der Waals surface area (Å²) in [4.78, 5) is 62.2. The lowest BCUT2D eigenvalue weighted by molar-refractivity contribution is -0.400. The standard InChI is InChI=1S/C34H35FN6O6/c1-18-22(20-12-27(35)25(29(13-20)47-5)16-36-14-21-15-37-33(45)39-30(21)42)8-6-9-23(18)24-10-7-11-28(19(24)2)38-31(43)26-17-40(3)34(46)41(4)32(26)44/h6-13,17,21,26,36H,14-16H2,1-5H3,(H2-,37,38,39,42,43,45)/p+1. The van der Waals surface area contributed by atoms with Crippen molar-refractivity contribution in [2.24, 2.45) is 11.8 Å². The van der Waals surface area contributed by atoms with E-state index >= 15 is 4.39 Å². The quantitative estimate of drug-likeness (QED) is 0.207. The number of imide groups is 2. The molecule has 12 nitrogen and oxygen atoms in total. The molecule has 0 aliphatic carbocycles. The van der Waals surface area contributed by atoms with Gasteiger partial charge in [-0.1, -0.05) is 30.3 Å². The number of amides is 7. The molecular formula is C34H36FN6O6+. The molecule has 47 heavy (non-hydrogen) atoms. The number of anilines is 1. The first kappa shape index (κ1) is 32.9. The Kier molecular flexibility index (Phi) is 9.47. The fourth-order valence-corrected chi connectivity index (χ4v) is 5.81. The normalized spacial score (nSPS) is 18.0. The number of ether oxygens (including phenoxy) is 1. The summed E-state index contributed by atoms with van der Waals surface area (Å²) in [5.74, 6) is -3.34. The number of methoxy groups -OCH3 is 1. The molecule has 2 heterocycles. The van der Waals surface area contributed by atoms with Crippen LogP contribution >= 0.6 is 0 Å². The topological polar surface area (TPSA) is 149 Å².